The van der Waals surface area contributed by atoms with Gasteiger partial charge in [-0.15, -0.1) is 11.8 Å². The summed E-state index contributed by atoms with van der Waals surface area (Å²) in [4.78, 5) is 59.9. The molecule has 1 fully saturated rings. The second-order valence-corrected chi connectivity index (χ2v) is 11.1. The maximum absolute atomic E-state index is 13.1. The lowest BCUT2D eigenvalue weighted by Crippen LogP contribution is -2.71. The van der Waals surface area contributed by atoms with Crippen LogP contribution in [0.25, 0.3) is 4.83 Å². The summed E-state index contributed by atoms with van der Waals surface area (Å²) in [6, 6.07) is -1.09. The maximum Gasteiger partial charge on any atom is 0.352 e. The summed E-state index contributed by atoms with van der Waals surface area (Å²) in [6.45, 7) is 0.0720. The predicted molar refractivity (Wildman–Crippen MR) is 139 cm³/mol. The van der Waals surface area contributed by atoms with Crippen molar-refractivity contribution in [1.82, 2.24) is 24.0 Å². The van der Waals surface area contributed by atoms with Crippen LogP contribution in [-0.2, 0) is 41.9 Å². The van der Waals surface area contributed by atoms with Crippen molar-refractivity contribution in [2.75, 3.05) is 18.3 Å². The van der Waals surface area contributed by atoms with Crippen LogP contribution in [0.1, 0.15) is 18.6 Å². The Morgan fingerprint density at radius 3 is 2.88 bits per heavy atom. The molecule has 3 aromatic heterocycles. The second-order valence-electron chi connectivity index (χ2n) is 8.32. The first kappa shape index (κ1) is 27.5. The lowest BCUT2D eigenvalue weighted by Gasteiger charge is -2.49. The highest BCUT2D eigenvalue weighted by molar-refractivity contribution is 8.00. The zero-order valence-electron chi connectivity index (χ0n) is 20.5. The van der Waals surface area contributed by atoms with Gasteiger partial charge in [0.15, 0.2) is 11.7 Å². The molecule has 2 aliphatic rings. The van der Waals surface area contributed by atoms with Crippen LogP contribution in [0.3, 0.4) is 0 Å². The number of nitrogen functional groups attached to an aromatic ring is 1. The standard InChI is InChI=1S/C21H19FN8O7S3/c1-9(31)36-6-11-28(5-12-29(11)2-3-38-12)4-10-7-39-19-14(18(33)30(19)15(10)20(34)35)24-17(32)13(26-37-8-22)16-25-21(23)40-27-16/h2-3,5,14,19H,4,6-8H2,1H3,(H3-,23,24,25,27,32,34,35)/p+1/b26-13-/t14-,19-/m1/s1. The van der Waals surface area contributed by atoms with Gasteiger partial charge >= 0.3 is 17.8 Å². The van der Waals surface area contributed by atoms with Crippen LogP contribution in [0.4, 0.5) is 9.52 Å². The summed E-state index contributed by atoms with van der Waals surface area (Å²) in [7, 11) is 0. The van der Waals surface area contributed by atoms with E-state index in [0.29, 0.717) is 11.4 Å². The number of hydrogen-bond acceptors (Lipinski definition) is 13. The van der Waals surface area contributed by atoms with Crippen LogP contribution in [0, 0.1) is 0 Å². The first-order valence-electron chi connectivity index (χ1n) is 11.4. The van der Waals surface area contributed by atoms with Crippen molar-refractivity contribution in [2.45, 2.75) is 31.5 Å². The molecule has 2 atom stereocenters. The zero-order valence-corrected chi connectivity index (χ0v) is 22.9. The van der Waals surface area contributed by atoms with E-state index in [0.717, 1.165) is 21.3 Å². The van der Waals surface area contributed by atoms with Gasteiger partial charge < -0.3 is 25.7 Å². The van der Waals surface area contributed by atoms with Gasteiger partial charge in [0.25, 0.3) is 18.7 Å². The number of nitrogens with zero attached hydrogens (tertiary/aromatic N) is 6. The number of nitrogens with one attached hydrogen (secondary N) is 1. The number of carboxylic acid groups (broad SMARTS) is 1. The Labute approximate surface area is 236 Å². The molecule has 15 nitrogen and oxygen atoms in total. The Kier molecular flexibility index (Phi) is 7.68. The SMILES string of the molecule is CC(=O)OCc1n2ccsc2c[n+]1CC1=C(C(=O)O)N2C(=O)[C@@H](NC(=O)/C(=N\OCF)c3nsc(N)n3)[C@H]2SC1. The molecule has 5 rings (SSSR count). The number of alkyl halides is 1. The molecular formula is C21H20FN8O7S3+. The topological polar surface area (TPSA) is 195 Å². The minimum absolute atomic E-state index is 0.0298. The number of fused-ring (bicyclic) bond motifs is 2. The van der Waals surface area contributed by atoms with E-state index in [2.05, 4.69) is 24.7 Å². The van der Waals surface area contributed by atoms with Gasteiger partial charge in [-0.2, -0.15) is 13.8 Å². The first-order valence-corrected chi connectivity index (χ1v) is 14.1. The second kappa shape index (κ2) is 11.2. The number of ether oxygens (including phenoxy) is 1. The average Bonchev–Trinajstić information content (AvgIpc) is 3.62. The van der Waals surface area contributed by atoms with E-state index in [1.807, 2.05) is 22.2 Å². The fourth-order valence-electron chi connectivity index (χ4n) is 4.22. The molecule has 0 bridgehead atoms. The summed E-state index contributed by atoms with van der Waals surface area (Å²) >= 11 is 3.50. The molecular weight excluding hydrogens is 591 g/mol. The van der Waals surface area contributed by atoms with Gasteiger partial charge in [-0.3, -0.25) is 19.3 Å². The number of β-lactam (4-membered cyclic amide) rings is 1. The van der Waals surface area contributed by atoms with E-state index in [1.165, 1.54) is 30.0 Å². The summed E-state index contributed by atoms with van der Waals surface area (Å²) in [6.07, 6.45) is 3.62. The highest BCUT2D eigenvalue weighted by Crippen LogP contribution is 2.40. The third-order valence-electron chi connectivity index (χ3n) is 5.89. The number of carbonyl (C=O) groups is 4. The number of amides is 2. The number of nitrogens with two attached hydrogens (primary N) is 1. The minimum Gasteiger partial charge on any atom is -0.477 e. The largest absolute Gasteiger partial charge is 0.477 e. The van der Waals surface area contributed by atoms with Crippen LogP contribution in [0.15, 0.2) is 34.2 Å². The highest BCUT2D eigenvalue weighted by Gasteiger charge is 2.54. The number of halogens is 1. The van der Waals surface area contributed by atoms with Crippen LogP contribution in [0.2, 0.25) is 0 Å². The molecule has 40 heavy (non-hydrogen) atoms. The summed E-state index contributed by atoms with van der Waals surface area (Å²) in [5.74, 6) is -2.69. The Bertz CT molecular complexity index is 1580. The molecule has 0 unspecified atom stereocenters. The average molecular weight is 612 g/mol. The number of rotatable bonds is 10. The third-order valence-corrected chi connectivity index (χ3v) is 8.57. The van der Waals surface area contributed by atoms with Gasteiger partial charge in [0.05, 0.1) is 0 Å². The number of thioether (sulfide) groups is 1. The smallest absolute Gasteiger partial charge is 0.352 e. The van der Waals surface area contributed by atoms with Gasteiger partial charge in [-0.1, -0.05) is 16.5 Å². The van der Waals surface area contributed by atoms with Gasteiger partial charge in [0.1, 0.15) is 36.1 Å². The monoisotopic (exact) mass is 611 g/mol. The summed E-state index contributed by atoms with van der Waals surface area (Å²) < 4.78 is 25.2. The Balaban J connectivity index is 1.37. The number of hydrogen-bond donors (Lipinski definition) is 3. The van der Waals surface area contributed by atoms with E-state index in [-0.39, 0.29) is 35.6 Å². The fourth-order valence-corrected chi connectivity index (χ4v) is 6.78. The van der Waals surface area contributed by atoms with Crippen LogP contribution < -0.4 is 15.6 Å². The number of imidazole rings is 1. The quantitative estimate of drug-likeness (QED) is 0.0909. The number of esters is 1. The number of oxime groups is 1. The van der Waals surface area contributed by atoms with Gasteiger partial charge in [0, 0.05) is 35.2 Å². The number of anilines is 1. The molecule has 19 heteroatoms. The van der Waals surface area contributed by atoms with Crippen molar-refractivity contribution < 1.29 is 42.8 Å². The lowest BCUT2D eigenvalue weighted by molar-refractivity contribution is -0.696. The number of aliphatic carboxylic acids is 1. The molecule has 0 spiro atoms. The van der Waals surface area contributed by atoms with E-state index in [1.54, 1.807) is 4.57 Å². The molecule has 5 heterocycles. The van der Waals surface area contributed by atoms with Gasteiger partial charge in [0.2, 0.25) is 16.4 Å². The molecule has 2 aliphatic heterocycles. The molecule has 4 N–H and O–H groups in total. The van der Waals surface area contributed by atoms with Crippen molar-refractivity contribution in [3.8, 4) is 0 Å². The number of carboxylic acids is 1. The summed E-state index contributed by atoms with van der Waals surface area (Å²) in [5, 5.41) is 17.1. The zero-order chi connectivity index (χ0) is 28.6. The van der Waals surface area contributed by atoms with Crippen molar-refractivity contribution >= 4 is 74.1 Å². The molecule has 3 aromatic rings. The van der Waals surface area contributed by atoms with Crippen molar-refractivity contribution in [2.24, 2.45) is 5.16 Å². The molecule has 1 saturated heterocycles. The highest BCUT2D eigenvalue weighted by atomic mass is 32.2. The van der Waals surface area contributed by atoms with Gasteiger partial charge in [-0.05, 0) is 0 Å². The number of carbonyl (C=O) groups excluding carboxylic acids is 3. The number of aromatic nitrogens is 4. The van der Waals surface area contributed by atoms with Crippen molar-refractivity contribution in [3.05, 3.63) is 40.7 Å². The van der Waals surface area contributed by atoms with Crippen LogP contribution >= 0.6 is 34.6 Å². The van der Waals surface area contributed by atoms with E-state index >= 15 is 0 Å². The number of thiazole rings is 1. The molecule has 0 aliphatic carbocycles. The van der Waals surface area contributed by atoms with Crippen LogP contribution in [-0.4, -0.2) is 77.3 Å². The molecule has 0 aromatic carbocycles. The Morgan fingerprint density at radius 2 is 2.20 bits per heavy atom. The third kappa shape index (κ3) is 5.09. The fraction of sp³-hybridized carbons (Fsp3) is 0.333. The summed E-state index contributed by atoms with van der Waals surface area (Å²) in [5.41, 5.74) is 5.33. The minimum atomic E-state index is -1.32. The lowest BCUT2D eigenvalue weighted by atomic mass is 10.0. The molecule has 0 saturated carbocycles. The van der Waals surface area contributed by atoms with E-state index < -0.39 is 47.7 Å². The van der Waals surface area contributed by atoms with Crippen molar-refractivity contribution in [3.63, 3.8) is 0 Å². The van der Waals surface area contributed by atoms with E-state index in [9.17, 15) is 28.7 Å². The molecule has 0 radical (unpaired) electrons. The van der Waals surface area contributed by atoms with Crippen molar-refractivity contribution in [1.29, 1.82) is 0 Å². The Morgan fingerprint density at radius 1 is 1.40 bits per heavy atom. The molecule has 210 valence electrons. The Hall–Kier alpha value is -4.10. The predicted octanol–water partition coefficient (Wildman–Crippen LogP) is -0.128. The van der Waals surface area contributed by atoms with Gasteiger partial charge in [-0.25, -0.2) is 13.8 Å². The molecule has 2 amide bonds. The van der Waals surface area contributed by atoms with Crippen LogP contribution in [0.5, 0.6) is 0 Å². The maximum atomic E-state index is 13.1. The van der Waals surface area contributed by atoms with E-state index in [4.69, 9.17) is 10.5 Å². The first-order chi connectivity index (χ1) is 19.2. The normalized spacial score (nSPS) is 18.9.